The van der Waals surface area contributed by atoms with Crippen molar-refractivity contribution >= 4 is 27.5 Å². The highest BCUT2D eigenvalue weighted by Gasteiger charge is 2.26. The van der Waals surface area contributed by atoms with Crippen molar-refractivity contribution in [2.45, 2.75) is 31.7 Å². The third-order valence-corrected chi connectivity index (χ3v) is 7.06. The molecule has 0 radical (unpaired) electrons. The lowest BCUT2D eigenvalue weighted by molar-refractivity contribution is -0.133. The Bertz CT molecular complexity index is 898. The smallest absolute Gasteiger partial charge is 0.236 e. The summed E-state index contributed by atoms with van der Waals surface area (Å²) in [4.78, 5) is 21.8. The second-order valence-corrected chi connectivity index (χ2v) is 8.72. The third-order valence-electron chi connectivity index (χ3n) is 5.86. The number of hydrogen-bond donors (Lipinski definition) is 0. The summed E-state index contributed by atoms with van der Waals surface area (Å²) in [6.07, 6.45) is 2.15. The average Bonchev–Trinajstić information content (AvgIpc) is 3.18. The van der Waals surface area contributed by atoms with Crippen molar-refractivity contribution < 1.29 is 4.79 Å². The number of benzene rings is 2. The molecule has 1 aliphatic heterocycles. The molecule has 4 nitrogen and oxygen atoms in total. The standard InChI is InChI=1S/C23H27N3OS/c1-17(18-8-4-3-5-9-18)25(2)22(27)16-26-14-12-19(13-15-26)23-24-20-10-6-7-11-21(20)28-23/h3-11,17,19H,12-16H2,1-2H3. The molecule has 1 aliphatic rings. The number of piperidine rings is 1. The van der Waals surface area contributed by atoms with Crippen LogP contribution in [0.4, 0.5) is 0 Å². The van der Waals surface area contributed by atoms with E-state index < -0.39 is 0 Å². The van der Waals surface area contributed by atoms with Crippen LogP contribution in [0.5, 0.6) is 0 Å². The molecule has 2 heterocycles. The van der Waals surface area contributed by atoms with Crippen LogP contribution >= 0.6 is 11.3 Å². The van der Waals surface area contributed by atoms with Crippen molar-refractivity contribution in [3.63, 3.8) is 0 Å². The molecule has 1 fully saturated rings. The summed E-state index contributed by atoms with van der Waals surface area (Å²) in [5.74, 6) is 0.708. The Kier molecular flexibility index (Phi) is 5.74. The number of likely N-dealkylation sites (N-methyl/N-ethyl adjacent to an activating group) is 1. The minimum atomic E-state index is 0.0917. The number of aromatic nitrogens is 1. The van der Waals surface area contributed by atoms with Gasteiger partial charge in [-0.1, -0.05) is 42.5 Å². The number of hydrogen-bond acceptors (Lipinski definition) is 4. The number of fused-ring (bicyclic) bond motifs is 1. The molecule has 1 saturated heterocycles. The number of likely N-dealkylation sites (tertiary alicyclic amines) is 1. The van der Waals surface area contributed by atoms with Gasteiger partial charge in [0.25, 0.3) is 0 Å². The number of carbonyl (C=O) groups excluding carboxylic acids is 1. The molecule has 1 amide bonds. The van der Waals surface area contributed by atoms with E-state index in [1.165, 1.54) is 15.3 Å². The fraction of sp³-hybridized carbons (Fsp3) is 0.391. The lowest BCUT2D eigenvalue weighted by atomic mass is 9.97. The summed E-state index contributed by atoms with van der Waals surface area (Å²) in [6.45, 7) is 4.51. The first-order chi connectivity index (χ1) is 13.6. The molecule has 0 spiro atoms. The van der Waals surface area contributed by atoms with Crippen molar-refractivity contribution in [1.82, 2.24) is 14.8 Å². The van der Waals surface area contributed by atoms with Crippen LogP contribution in [0.25, 0.3) is 10.2 Å². The largest absolute Gasteiger partial charge is 0.338 e. The second kappa shape index (κ2) is 8.41. The molecule has 1 atom stereocenters. The Labute approximate surface area is 170 Å². The van der Waals surface area contributed by atoms with E-state index in [-0.39, 0.29) is 11.9 Å². The van der Waals surface area contributed by atoms with Gasteiger partial charge in [0.15, 0.2) is 0 Å². The fourth-order valence-electron chi connectivity index (χ4n) is 3.88. The average molecular weight is 394 g/mol. The van der Waals surface area contributed by atoms with Crippen LogP contribution in [0.3, 0.4) is 0 Å². The van der Waals surface area contributed by atoms with Gasteiger partial charge in [-0.3, -0.25) is 9.69 Å². The van der Waals surface area contributed by atoms with E-state index in [4.69, 9.17) is 4.98 Å². The monoisotopic (exact) mass is 393 g/mol. The predicted molar refractivity (Wildman–Crippen MR) is 116 cm³/mol. The Morgan fingerprint density at radius 2 is 1.82 bits per heavy atom. The second-order valence-electron chi connectivity index (χ2n) is 7.66. The molecule has 5 heteroatoms. The van der Waals surface area contributed by atoms with Gasteiger partial charge in [0, 0.05) is 13.0 Å². The van der Waals surface area contributed by atoms with Gasteiger partial charge in [-0.05, 0) is 50.6 Å². The van der Waals surface area contributed by atoms with Crippen LogP contribution in [-0.4, -0.2) is 47.4 Å². The Balaban J connectivity index is 1.32. The predicted octanol–water partition coefficient (Wildman–Crippen LogP) is 4.70. The Morgan fingerprint density at radius 3 is 2.54 bits per heavy atom. The number of nitrogens with zero attached hydrogens (tertiary/aromatic N) is 3. The van der Waals surface area contributed by atoms with E-state index in [1.54, 1.807) is 0 Å². The first-order valence-corrected chi connectivity index (χ1v) is 10.8. The lowest BCUT2D eigenvalue weighted by Crippen LogP contribution is -2.42. The topological polar surface area (TPSA) is 36.4 Å². The molecule has 4 rings (SSSR count). The van der Waals surface area contributed by atoms with E-state index in [1.807, 2.05) is 47.5 Å². The van der Waals surface area contributed by atoms with Crippen LogP contribution < -0.4 is 0 Å². The molecule has 1 unspecified atom stereocenters. The highest BCUT2D eigenvalue weighted by Crippen LogP contribution is 2.33. The first kappa shape index (κ1) is 19.1. The lowest BCUT2D eigenvalue weighted by Gasteiger charge is -2.33. The molecule has 3 aromatic rings. The quantitative estimate of drug-likeness (QED) is 0.631. The fourth-order valence-corrected chi connectivity index (χ4v) is 5.01. The van der Waals surface area contributed by atoms with Crippen molar-refractivity contribution in [1.29, 1.82) is 0 Å². The van der Waals surface area contributed by atoms with Gasteiger partial charge in [-0.25, -0.2) is 4.98 Å². The molecule has 0 aliphatic carbocycles. The van der Waals surface area contributed by atoms with Gasteiger partial charge in [-0.2, -0.15) is 0 Å². The molecular weight excluding hydrogens is 366 g/mol. The minimum Gasteiger partial charge on any atom is -0.338 e. The SMILES string of the molecule is CC(c1ccccc1)N(C)C(=O)CN1CCC(c2nc3ccccc3s2)CC1. The zero-order valence-corrected chi connectivity index (χ0v) is 17.4. The highest BCUT2D eigenvalue weighted by atomic mass is 32.1. The van der Waals surface area contributed by atoms with Crippen molar-refractivity contribution in [2.24, 2.45) is 0 Å². The highest BCUT2D eigenvalue weighted by molar-refractivity contribution is 7.18. The molecule has 0 N–H and O–H groups in total. The summed E-state index contributed by atoms with van der Waals surface area (Å²) in [5, 5.41) is 1.25. The molecule has 146 valence electrons. The molecule has 2 aromatic carbocycles. The van der Waals surface area contributed by atoms with Gasteiger partial charge in [0.1, 0.15) is 0 Å². The van der Waals surface area contributed by atoms with E-state index in [0.717, 1.165) is 31.4 Å². The van der Waals surface area contributed by atoms with Gasteiger partial charge < -0.3 is 4.90 Å². The van der Waals surface area contributed by atoms with Crippen LogP contribution in [0.1, 0.15) is 42.3 Å². The third kappa shape index (κ3) is 4.10. The van der Waals surface area contributed by atoms with Crippen LogP contribution in [-0.2, 0) is 4.79 Å². The molecule has 0 saturated carbocycles. The van der Waals surface area contributed by atoms with E-state index in [9.17, 15) is 4.79 Å². The van der Waals surface area contributed by atoms with E-state index in [0.29, 0.717) is 12.5 Å². The summed E-state index contributed by atoms with van der Waals surface area (Å²) < 4.78 is 1.27. The summed E-state index contributed by atoms with van der Waals surface area (Å²) in [5.41, 5.74) is 2.28. The van der Waals surface area contributed by atoms with Crippen LogP contribution in [0, 0.1) is 0 Å². The Hall–Kier alpha value is -2.24. The minimum absolute atomic E-state index is 0.0917. The van der Waals surface area contributed by atoms with Gasteiger partial charge in [0.2, 0.25) is 5.91 Å². The normalized spacial score (nSPS) is 16.9. The summed E-state index contributed by atoms with van der Waals surface area (Å²) >= 11 is 1.82. The number of para-hydroxylation sites is 1. The summed E-state index contributed by atoms with van der Waals surface area (Å²) in [7, 11) is 1.91. The zero-order valence-electron chi connectivity index (χ0n) is 16.5. The van der Waals surface area contributed by atoms with Gasteiger partial charge in [-0.15, -0.1) is 11.3 Å². The number of rotatable bonds is 5. The molecule has 0 bridgehead atoms. The maximum atomic E-state index is 12.8. The number of thiazole rings is 1. The van der Waals surface area contributed by atoms with Crippen LogP contribution in [0.15, 0.2) is 54.6 Å². The maximum absolute atomic E-state index is 12.8. The number of amides is 1. The Morgan fingerprint density at radius 1 is 1.14 bits per heavy atom. The van der Waals surface area contributed by atoms with Crippen molar-refractivity contribution in [2.75, 3.05) is 26.7 Å². The van der Waals surface area contributed by atoms with Gasteiger partial charge >= 0.3 is 0 Å². The van der Waals surface area contributed by atoms with Crippen molar-refractivity contribution in [3.8, 4) is 0 Å². The molecule has 28 heavy (non-hydrogen) atoms. The summed E-state index contributed by atoms with van der Waals surface area (Å²) in [6, 6.07) is 18.7. The van der Waals surface area contributed by atoms with E-state index in [2.05, 4.69) is 42.2 Å². The molecular formula is C23H27N3OS. The van der Waals surface area contributed by atoms with Crippen molar-refractivity contribution in [3.05, 3.63) is 65.2 Å². The van der Waals surface area contributed by atoms with E-state index >= 15 is 0 Å². The number of carbonyl (C=O) groups is 1. The first-order valence-electron chi connectivity index (χ1n) is 10.0. The zero-order chi connectivity index (χ0) is 19.5. The van der Waals surface area contributed by atoms with Crippen LogP contribution in [0.2, 0.25) is 0 Å². The van der Waals surface area contributed by atoms with Gasteiger partial charge in [0.05, 0.1) is 27.8 Å². The maximum Gasteiger partial charge on any atom is 0.236 e. The molecule has 1 aromatic heterocycles.